The Kier molecular flexibility index (Phi) is 5.93. The quantitative estimate of drug-likeness (QED) is 0.779. The van der Waals surface area contributed by atoms with Crippen LogP contribution in [0.15, 0.2) is 24.3 Å². The van der Waals surface area contributed by atoms with E-state index in [9.17, 15) is 13.2 Å². The molecule has 9 heteroatoms. The zero-order valence-electron chi connectivity index (χ0n) is 15.8. The predicted molar refractivity (Wildman–Crippen MR) is 99.6 cm³/mol. The number of aromatic nitrogens is 2. The monoisotopic (exact) mass is 396 g/mol. The number of alkyl halides is 3. The zero-order chi connectivity index (χ0) is 20.3. The predicted octanol–water partition coefficient (Wildman–Crippen LogP) is 3.47. The maximum Gasteiger partial charge on any atom is 0.573 e. The fraction of sp³-hybridized carbons (Fsp3) is 0.474. The van der Waals surface area contributed by atoms with Crippen molar-refractivity contribution in [1.29, 1.82) is 0 Å². The van der Waals surface area contributed by atoms with Gasteiger partial charge in [0.15, 0.2) is 0 Å². The second-order valence-electron chi connectivity index (χ2n) is 6.93. The van der Waals surface area contributed by atoms with E-state index in [2.05, 4.69) is 20.0 Å². The maximum atomic E-state index is 12.5. The summed E-state index contributed by atoms with van der Waals surface area (Å²) in [5.41, 5.74) is 2.63. The van der Waals surface area contributed by atoms with Crippen molar-refractivity contribution in [2.24, 2.45) is 0 Å². The van der Waals surface area contributed by atoms with Gasteiger partial charge in [0.25, 0.3) is 0 Å². The number of aliphatic hydroxyl groups is 1. The molecule has 0 bridgehead atoms. The lowest BCUT2D eigenvalue weighted by Crippen LogP contribution is -2.31. The molecule has 0 aliphatic carbocycles. The van der Waals surface area contributed by atoms with Crippen molar-refractivity contribution in [3.8, 4) is 5.75 Å². The molecule has 6 nitrogen and oxygen atoms in total. The molecule has 0 unspecified atom stereocenters. The minimum atomic E-state index is -4.71. The number of anilines is 2. The molecule has 0 atom stereocenters. The third-order valence-corrected chi connectivity index (χ3v) is 4.47. The molecular formula is C19H23F3N4O2. The van der Waals surface area contributed by atoms with E-state index in [1.54, 1.807) is 6.07 Å². The molecule has 152 valence electrons. The molecule has 0 saturated heterocycles. The van der Waals surface area contributed by atoms with Gasteiger partial charge in [0, 0.05) is 25.7 Å². The molecule has 3 rings (SSSR count). The summed E-state index contributed by atoms with van der Waals surface area (Å²) in [5, 5.41) is 12.0. The van der Waals surface area contributed by atoms with Crippen LogP contribution < -0.4 is 15.0 Å². The Morgan fingerprint density at radius 2 is 2.00 bits per heavy atom. The lowest BCUT2D eigenvalue weighted by molar-refractivity contribution is -0.274. The highest BCUT2D eigenvalue weighted by atomic mass is 19.4. The zero-order valence-corrected chi connectivity index (χ0v) is 15.8. The van der Waals surface area contributed by atoms with E-state index in [4.69, 9.17) is 5.11 Å². The first-order valence-corrected chi connectivity index (χ1v) is 9.11. The van der Waals surface area contributed by atoms with E-state index in [1.807, 2.05) is 24.8 Å². The van der Waals surface area contributed by atoms with Crippen LogP contribution >= 0.6 is 0 Å². The van der Waals surface area contributed by atoms with Crippen molar-refractivity contribution in [3.63, 3.8) is 0 Å². The first-order valence-electron chi connectivity index (χ1n) is 9.11. The van der Waals surface area contributed by atoms with Gasteiger partial charge in [0.05, 0.1) is 12.3 Å². The Morgan fingerprint density at radius 1 is 1.21 bits per heavy atom. The molecule has 28 heavy (non-hydrogen) atoms. The van der Waals surface area contributed by atoms with Crippen LogP contribution in [-0.4, -0.2) is 41.1 Å². The van der Waals surface area contributed by atoms with E-state index in [0.29, 0.717) is 37.8 Å². The molecule has 0 radical (unpaired) electrons. The van der Waals surface area contributed by atoms with Crippen molar-refractivity contribution >= 4 is 11.8 Å². The molecule has 2 N–H and O–H groups in total. The maximum absolute atomic E-state index is 12.5. The third kappa shape index (κ3) is 5.03. The van der Waals surface area contributed by atoms with Crippen LogP contribution in [0.25, 0.3) is 0 Å². The van der Waals surface area contributed by atoms with Crippen LogP contribution in [0.4, 0.5) is 24.9 Å². The van der Waals surface area contributed by atoms with Gasteiger partial charge < -0.3 is 20.1 Å². The molecule has 1 aromatic carbocycles. The number of hydrogen-bond donors (Lipinski definition) is 2. The first-order chi connectivity index (χ1) is 13.2. The van der Waals surface area contributed by atoms with Crippen molar-refractivity contribution in [2.75, 3.05) is 29.9 Å². The lowest BCUT2D eigenvalue weighted by atomic mass is 9.99. The van der Waals surface area contributed by atoms with Gasteiger partial charge in [-0.25, -0.2) is 4.98 Å². The highest BCUT2D eigenvalue weighted by Gasteiger charge is 2.31. The summed E-state index contributed by atoms with van der Waals surface area (Å²) in [7, 11) is 0. The van der Waals surface area contributed by atoms with Gasteiger partial charge in [-0.15, -0.1) is 13.2 Å². The van der Waals surface area contributed by atoms with Crippen molar-refractivity contribution in [1.82, 2.24) is 9.97 Å². The minimum absolute atomic E-state index is 0.0380. The number of hydrogen-bond acceptors (Lipinski definition) is 6. The minimum Gasteiger partial charge on any atom is -0.406 e. The molecule has 0 fully saturated rings. The molecule has 1 aromatic heterocycles. The summed E-state index contributed by atoms with van der Waals surface area (Å²) in [6.45, 7) is 5.47. The summed E-state index contributed by atoms with van der Waals surface area (Å²) in [6, 6.07) is 6.36. The molecule has 0 spiro atoms. The smallest absolute Gasteiger partial charge is 0.406 e. The molecule has 2 aromatic rings. The number of benzene rings is 1. The number of halogens is 3. The van der Waals surface area contributed by atoms with Gasteiger partial charge in [0.2, 0.25) is 5.95 Å². The standard InChI is InChI=1S/C19H23F3N4O2/c1-12(2)16-10-17(25-18(24-16)23-6-8-27)26-7-5-13-3-4-15(9-14(13)11-26)28-19(20,21)22/h3-4,9-10,12,27H,5-8,11H2,1-2H3,(H,23,24,25). The van der Waals surface area contributed by atoms with Crippen LogP contribution in [0.5, 0.6) is 5.75 Å². The van der Waals surface area contributed by atoms with E-state index in [1.165, 1.54) is 12.1 Å². The number of aliphatic hydroxyl groups excluding tert-OH is 1. The molecule has 0 amide bonds. The summed E-state index contributed by atoms with van der Waals surface area (Å²) >= 11 is 0. The number of fused-ring (bicyclic) bond motifs is 1. The third-order valence-electron chi connectivity index (χ3n) is 4.47. The fourth-order valence-corrected chi connectivity index (χ4v) is 3.08. The Morgan fingerprint density at radius 3 is 2.68 bits per heavy atom. The molecular weight excluding hydrogens is 373 g/mol. The van der Waals surface area contributed by atoms with Gasteiger partial charge in [0.1, 0.15) is 11.6 Å². The van der Waals surface area contributed by atoms with Crippen molar-refractivity contribution in [3.05, 3.63) is 41.1 Å². The lowest BCUT2D eigenvalue weighted by Gasteiger charge is -2.30. The summed E-state index contributed by atoms with van der Waals surface area (Å²) in [5.74, 6) is 1.09. The van der Waals surface area contributed by atoms with Crippen LogP contribution in [-0.2, 0) is 13.0 Å². The van der Waals surface area contributed by atoms with Crippen LogP contribution in [0.1, 0.15) is 36.6 Å². The number of nitrogens with one attached hydrogen (secondary N) is 1. The molecule has 2 heterocycles. The Balaban J connectivity index is 1.86. The Hall–Kier alpha value is -2.55. The normalized spacial score (nSPS) is 14.2. The summed E-state index contributed by atoms with van der Waals surface area (Å²) in [4.78, 5) is 11.0. The SMILES string of the molecule is CC(C)c1cc(N2CCc3ccc(OC(F)(F)F)cc3C2)nc(NCCO)n1. The highest BCUT2D eigenvalue weighted by Crippen LogP contribution is 2.30. The molecule has 1 aliphatic rings. The topological polar surface area (TPSA) is 70.5 Å². The Labute approximate surface area is 161 Å². The largest absolute Gasteiger partial charge is 0.573 e. The van der Waals surface area contributed by atoms with E-state index < -0.39 is 6.36 Å². The van der Waals surface area contributed by atoms with Gasteiger partial charge in [-0.1, -0.05) is 19.9 Å². The molecule has 0 saturated carbocycles. The molecule has 1 aliphatic heterocycles. The Bertz CT molecular complexity index is 827. The number of ether oxygens (including phenoxy) is 1. The van der Waals surface area contributed by atoms with Crippen molar-refractivity contribution in [2.45, 2.75) is 39.1 Å². The number of rotatable bonds is 6. The average molecular weight is 396 g/mol. The van der Waals surface area contributed by atoms with E-state index >= 15 is 0 Å². The second-order valence-corrected chi connectivity index (χ2v) is 6.93. The summed E-state index contributed by atoms with van der Waals surface area (Å²) < 4.78 is 41.6. The average Bonchev–Trinajstić information content (AvgIpc) is 2.64. The highest BCUT2D eigenvalue weighted by molar-refractivity contribution is 5.49. The fourth-order valence-electron chi connectivity index (χ4n) is 3.08. The van der Waals surface area contributed by atoms with Gasteiger partial charge >= 0.3 is 6.36 Å². The van der Waals surface area contributed by atoms with Crippen LogP contribution in [0, 0.1) is 0 Å². The van der Waals surface area contributed by atoms with E-state index in [0.717, 1.165) is 16.8 Å². The first kappa shape index (κ1) is 20.2. The summed E-state index contributed by atoms with van der Waals surface area (Å²) in [6.07, 6.45) is -4.02. The van der Waals surface area contributed by atoms with Crippen molar-refractivity contribution < 1.29 is 23.0 Å². The van der Waals surface area contributed by atoms with Crippen LogP contribution in [0.3, 0.4) is 0 Å². The van der Waals surface area contributed by atoms with E-state index in [-0.39, 0.29) is 18.3 Å². The van der Waals surface area contributed by atoms with Gasteiger partial charge in [-0.3, -0.25) is 0 Å². The number of nitrogens with zero attached hydrogens (tertiary/aromatic N) is 3. The van der Waals surface area contributed by atoms with Gasteiger partial charge in [-0.2, -0.15) is 4.98 Å². The van der Waals surface area contributed by atoms with Crippen LogP contribution in [0.2, 0.25) is 0 Å². The van der Waals surface area contributed by atoms with Gasteiger partial charge in [-0.05, 0) is 35.6 Å². The second kappa shape index (κ2) is 8.22.